The second-order valence-electron chi connectivity index (χ2n) is 4.73. The van der Waals surface area contributed by atoms with Gasteiger partial charge in [-0.15, -0.1) is 0 Å². The van der Waals surface area contributed by atoms with Crippen molar-refractivity contribution in [3.8, 4) is 5.75 Å². The van der Waals surface area contributed by atoms with Crippen LogP contribution in [0.15, 0.2) is 30.5 Å². The van der Waals surface area contributed by atoms with Crippen LogP contribution in [0.2, 0.25) is 0 Å². The fourth-order valence-corrected chi connectivity index (χ4v) is 2.54. The molecular weight excluding hydrogens is 254 g/mol. The summed E-state index contributed by atoms with van der Waals surface area (Å²) in [6.45, 7) is 0. The lowest BCUT2D eigenvalue weighted by Gasteiger charge is -2.12. The van der Waals surface area contributed by atoms with Crippen molar-refractivity contribution in [3.63, 3.8) is 0 Å². The van der Waals surface area contributed by atoms with E-state index < -0.39 is 0 Å². The number of benzene rings is 1. The molecule has 1 atom stereocenters. The molecule has 1 aromatic carbocycles. The normalized spacial score (nSPS) is 12.8. The Morgan fingerprint density at radius 1 is 1.20 bits per heavy atom. The molecule has 1 unspecified atom stereocenters. The largest absolute Gasteiger partial charge is 0.493 e. The molecule has 0 radical (unpaired) electrons. The molecule has 2 N–H and O–H groups in total. The van der Waals surface area contributed by atoms with Crippen molar-refractivity contribution in [3.05, 3.63) is 41.9 Å². The number of aromatic nitrogens is 4. The van der Waals surface area contributed by atoms with Crippen molar-refractivity contribution in [2.45, 2.75) is 6.04 Å². The Kier molecular flexibility index (Phi) is 2.94. The maximum Gasteiger partial charge on any atom is 0.161 e. The molecule has 6 nitrogen and oxygen atoms in total. The zero-order valence-electron chi connectivity index (χ0n) is 11.7. The number of hydrogen-bond donors (Lipinski definition) is 1. The van der Waals surface area contributed by atoms with E-state index in [4.69, 9.17) is 10.5 Å². The summed E-state index contributed by atoms with van der Waals surface area (Å²) >= 11 is 0. The first-order valence-electron chi connectivity index (χ1n) is 6.36. The summed E-state index contributed by atoms with van der Waals surface area (Å²) in [6.07, 6.45) is 1.67. The third-order valence-corrected chi connectivity index (χ3v) is 3.54. The Bertz CT molecular complexity index is 758. The van der Waals surface area contributed by atoms with Crippen molar-refractivity contribution in [1.82, 2.24) is 19.6 Å². The van der Waals surface area contributed by atoms with E-state index in [-0.39, 0.29) is 6.04 Å². The van der Waals surface area contributed by atoms with E-state index in [1.807, 2.05) is 43.0 Å². The molecule has 0 amide bonds. The monoisotopic (exact) mass is 271 g/mol. The number of para-hydroxylation sites is 1. The van der Waals surface area contributed by atoms with E-state index in [2.05, 4.69) is 10.2 Å². The summed E-state index contributed by atoms with van der Waals surface area (Å²) in [6, 6.07) is 7.65. The third-order valence-electron chi connectivity index (χ3n) is 3.54. The summed E-state index contributed by atoms with van der Waals surface area (Å²) in [7, 11) is 5.38. The van der Waals surface area contributed by atoms with Gasteiger partial charge in [0.05, 0.1) is 30.6 Å². The first kappa shape index (κ1) is 12.7. The summed E-state index contributed by atoms with van der Waals surface area (Å²) in [4.78, 5) is 0. The van der Waals surface area contributed by atoms with Gasteiger partial charge in [-0.2, -0.15) is 10.2 Å². The van der Waals surface area contributed by atoms with Crippen molar-refractivity contribution in [2.75, 3.05) is 7.11 Å². The van der Waals surface area contributed by atoms with Crippen molar-refractivity contribution >= 4 is 10.9 Å². The average Bonchev–Trinajstić information content (AvgIpc) is 3.00. The van der Waals surface area contributed by atoms with Crippen LogP contribution in [-0.2, 0) is 14.1 Å². The second-order valence-corrected chi connectivity index (χ2v) is 4.73. The van der Waals surface area contributed by atoms with Crippen LogP contribution in [0.25, 0.3) is 10.9 Å². The van der Waals surface area contributed by atoms with Crippen LogP contribution in [0.4, 0.5) is 0 Å². The van der Waals surface area contributed by atoms with Gasteiger partial charge in [0.2, 0.25) is 0 Å². The van der Waals surface area contributed by atoms with Gasteiger partial charge in [-0.05, 0) is 6.07 Å². The highest BCUT2D eigenvalue weighted by atomic mass is 16.5. The Labute approximate surface area is 116 Å². The first-order valence-corrected chi connectivity index (χ1v) is 6.36. The molecule has 104 valence electrons. The molecule has 0 aliphatic heterocycles. The van der Waals surface area contributed by atoms with Crippen molar-refractivity contribution in [1.29, 1.82) is 0 Å². The number of rotatable bonds is 3. The lowest BCUT2D eigenvalue weighted by Crippen LogP contribution is -2.18. The maximum atomic E-state index is 6.40. The average molecular weight is 271 g/mol. The predicted molar refractivity (Wildman–Crippen MR) is 76.5 cm³/mol. The molecule has 0 spiro atoms. The van der Waals surface area contributed by atoms with E-state index in [1.165, 1.54) is 0 Å². The van der Waals surface area contributed by atoms with Gasteiger partial charge in [-0.3, -0.25) is 9.36 Å². The highest BCUT2D eigenvalue weighted by Gasteiger charge is 2.23. The Morgan fingerprint density at radius 3 is 2.70 bits per heavy atom. The molecule has 6 heteroatoms. The molecule has 0 bridgehead atoms. The summed E-state index contributed by atoms with van der Waals surface area (Å²) in [5.74, 6) is 0.676. The third kappa shape index (κ3) is 1.77. The smallest absolute Gasteiger partial charge is 0.161 e. The second kappa shape index (κ2) is 4.64. The lowest BCUT2D eigenvalue weighted by atomic mass is 10.1. The summed E-state index contributed by atoms with van der Waals surface area (Å²) in [5.41, 5.74) is 9.10. The van der Waals surface area contributed by atoms with Crippen molar-refractivity contribution in [2.24, 2.45) is 19.8 Å². The molecule has 0 fully saturated rings. The molecule has 20 heavy (non-hydrogen) atoms. The Balaban J connectivity index is 2.18. The molecule has 0 aliphatic carbocycles. The highest BCUT2D eigenvalue weighted by Crippen LogP contribution is 2.30. The van der Waals surface area contributed by atoms with Crippen LogP contribution in [0.1, 0.15) is 17.4 Å². The fourth-order valence-electron chi connectivity index (χ4n) is 2.54. The number of methoxy groups -OCH3 is 1. The molecule has 0 saturated carbocycles. The number of fused-ring (bicyclic) bond motifs is 1. The molecule has 0 saturated heterocycles. The van der Waals surface area contributed by atoms with E-state index in [9.17, 15) is 0 Å². The molecule has 2 aromatic heterocycles. The summed E-state index contributed by atoms with van der Waals surface area (Å²) in [5, 5.41) is 9.80. The van der Waals surface area contributed by atoms with Gasteiger partial charge in [0.25, 0.3) is 0 Å². The van der Waals surface area contributed by atoms with Gasteiger partial charge in [0.15, 0.2) is 5.75 Å². The molecule has 2 heterocycles. The minimum absolute atomic E-state index is 0.386. The predicted octanol–water partition coefficient (Wildman–Crippen LogP) is 1.36. The van der Waals surface area contributed by atoms with Crippen LogP contribution in [0.5, 0.6) is 5.75 Å². The van der Waals surface area contributed by atoms with Crippen LogP contribution in [0, 0.1) is 0 Å². The van der Waals surface area contributed by atoms with Crippen LogP contribution < -0.4 is 10.5 Å². The lowest BCUT2D eigenvalue weighted by molar-refractivity contribution is 0.405. The molecule has 0 aliphatic rings. The van der Waals surface area contributed by atoms with Gasteiger partial charge in [0, 0.05) is 19.5 Å². The molecular formula is C14H17N5O. The number of aryl methyl sites for hydroxylation is 2. The Hall–Kier alpha value is -2.34. The minimum atomic E-state index is -0.386. The van der Waals surface area contributed by atoms with Crippen LogP contribution in [-0.4, -0.2) is 26.7 Å². The number of nitrogens with zero attached hydrogens (tertiary/aromatic N) is 4. The first-order chi connectivity index (χ1) is 9.63. The van der Waals surface area contributed by atoms with E-state index in [0.717, 1.165) is 22.3 Å². The zero-order valence-corrected chi connectivity index (χ0v) is 11.7. The SMILES string of the molecule is COc1cnn(C)c1C(N)c1nn(C)c2ccccc12. The molecule has 3 aromatic rings. The van der Waals surface area contributed by atoms with Gasteiger partial charge < -0.3 is 10.5 Å². The zero-order chi connectivity index (χ0) is 14.3. The van der Waals surface area contributed by atoms with E-state index in [1.54, 1.807) is 18.0 Å². The van der Waals surface area contributed by atoms with Gasteiger partial charge in [-0.25, -0.2) is 0 Å². The summed E-state index contributed by atoms with van der Waals surface area (Å²) < 4.78 is 8.90. The molecule has 3 rings (SSSR count). The van der Waals surface area contributed by atoms with Gasteiger partial charge in [0.1, 0.15) is 5.69 Å². The number of nitrogens with two attached hydrogens (primary N) is 1. The Morgan fingerprint density at radius 2 is 1.95 bits per heavy atom. The fraction of sp³-hybridized carbons (Fsp3) is 0.286. The topological polar surface area (TPSA) is 70.9 Å². The number of hydrogen-bond acceptors (Lipinski definition) is 4. The van der Waals surface area contributed by atoms with Gasteiger partial charge >= 0.3 is 0 Å². The van der Waals surface area contributed by atoms with E-state index in [0.29, 0.717) is 5.75 Å². The van der Waals surface area contributed by atoms with Crippen LogP contribution in [0.3, 0.4) is 0 Å². The van der Waals surface area contributed by atoms with Crippen LogP contribution >= 0.6 is 0 Å². The van der Waals surface area contributed by atoms with Crippen molar-refractivity contribution < 1.29 is 4.74 Å². The van der Waals surface area contributed by atoms with E-state index >= 15 is 0 Å². The maximum absolute atomic E-state index is 6.40. The number of ether oxygens (including phenoxy) is 1. The quantitative estimate of drug-likeness (QED) is 0.781. The minimum Gasteiger partial charge on any atom is -0.493 e. The highest BCUT2D eigenvalue weighted by molar-refractivity contribution is 5.82. The standard InChI is InChI=1S/C14H17N5O/c1-18-10-7-5-4-6-9(10)13(17-18)12(15)14-11(20-3)8-16-19(14)2/h4-8,12H,15H2,1-3H3. The van der Waals surface area contributed by atoms with Gasteiger partial charge in [-0.1, -0.05) is 18.2 Å².